The maximum Gasteiger partial charge on any atom is 0.0926 e. The number of aromatic nitrogens is 2. The lowest BCUT2D eigenvalue weighted by Gasteiger charge is -2.18. The minimum absolute atomic E-state index is 0.198. The van der Waals surface area contributed by atoms with Gasteiger partial charge in [0, 0.05) is 30.1 Å². The summed E-state index contributed by atoms with van der Waals surface area (Å²) in [4.78, 5) is 0. The molecule has 2 rings (SSSR count). The summed E-state index contributed by atoms with van der Waals surface area (Å²) in [5.41, 5.74) is 8.10. The van der Waals surface area contributed by atoms with Crippen molar-refractivity contribution in [3.8, 4) is 0 Å². The van der Waals surface area contributed by atoms with E-state index in [4.69, 9.17) is 5.73 Å². The molecule has 1 heterocycles. The monoisotopic (exact) mass is 203 g/mol. The molecular weight excluding hydrogens is 186 g/mol. The van der Waals surface area contributed by atoms with Gasteiger partial charge in [-0.05, 0) is 19.9 Å². The number of nitrogens with zero attached hydrogens (tertiary/aromatic N) is 2. The lowest BCUT2D eigenvalue weighted by molar-refractivity contribution is 0.497. The van der Waals surface area contributed by atoms with Gasteiger partial charge in [-0.3, -0.25) is 4.68 Å². The van der Waals surface area contributed by atoms with Crippen LogP contribution >= 0.6 is 0 Å². The molecule has 1 aromatic heterocycles. The Morgan fingerprint density at radius 2 is 2.00 bits per heavy atom. The Hall–Kier alpha value is -1.35. The number of hydrogen-bond acceptors (Lipinski definition) is 2. The predicted octanol–water partition coefficient (Wildman–Crippen LogP) is 1.85. The zero-order valence-corrected chi connectivity index (χ0v) is 9.49. The molecule has 15 heavy (non-hydrogen) atoms. The summed E-state index contributed by atoms with van der Waals surface area (Å²) in [6.45, 7) is 4.07. The van der Waals surface area contributed by atoms with Gasteiger partial charge in [-0.1, -0.05) is 18.2 Å². The number of benzene rings is 1. The van der Waals surface area contributed by atoms with E-state index < -0.39 is 0 Å². The van der Waals surface area contributed by atoms with Crippen LogP contribution in [0.3, 0.4) is 0 Å². The van der Waals surface area contributed by atoms with Gasteiger partial charge in [-0.25, -0.2) is 0 Å². The molecule has 0 aliphatic heterocycles. The van der Waals surface area contributed by atoms with E-state index >= 15 is 0 Å². The van der Waals surface area contributed by atoms with Crippen molar-refractivity contribution in [1.29, 1.82) is 0 Å². The average Bonchev–Trinajstić information content (AvgIpc) is 2.41. The summed E-state index contributed by atoms with van der Waals surface area (Å²) in [7, 11) is 1.97. The molecule has 3 heteroatoms. The van der Waals surface area contributed by atoms with E-state index in [0.717, 1.165) is 11.9 Å². The smallest absolute Gasteiger partial charge is 0.0926 e. The second-order valence-corrected chi connectivity index (χ2v) is 4.75. The van der Waals surface area contributed by atoms with Crippen molar-refractivity contribution < 1.29 is 0 Å². The van der Waals surface area contributed by atoms with Crippen molar-refractivity contribution in [2.75, 3.05) is 0 Å². The third-order valence-corrected chi connectivity index (χ3v) is 2.49. The standard InChI is InChI=1S/C12H17N3/c1-12(2,13)8-11-9-6-4-5-7-10(9)14-15(11)3/h4-7H,8,13H2,1-3H3. The van der Waals surface area contributed by atoms with Gasteiger partial charge in [-0.2, -0.15) is 5.10 Å². The predicted molar refractivity (Wildman–Crippen MR) is 62.7 cm³/mol. The first-order chi connectivity index (χ1) is 6.97. The fraction of sp³-hybridized carbons (Fsp3) is 0.417. The molecule has 0 unspecified atom stereocenters. The van der Waals surface area contributed by atoms with Crippen molar-refractivity contribution in [2.45, 2.75) is 25.8 Å². The minimum atomic E-state index is -0.198. The molecule has 1 aromatic carbocycles. The van der Waals surface area contributed by atoms with Crippen molar-refractivity contribution >= 4 is 10.9 Å². The van der Waals surface area contributed by atoms with Gasteiger partial charge in [0.2, 0.25) is 0 Å². The number of aryl methyl sites for hydroxylation is 1. The van der Waals surface area contributed by atoms with Gasteiger partial charge in [0.05, 0.1) is 5.52 Å². The van der Waals surface area contributed by atoms with Crippen molar-refractivity contribution in [2.24, 2.45) is 12.8 Å². The van der Waals surface area contributed by atoms with Crippen LogP contribution in [0, 0.1) is 0 Å². The van der Waals surface area contributed by atoms with Gasteiger partial charge in [0.1, 0.15) is 0 Å². The highest BCUT2D eigenvalue weighted by Gasteiger charge is 2.17. The van der Waals surface area contributed by atoms with Crippen LogP contribution < -0.4 is 5.73 Å². The lowest BCUT2D eigenvalue weighted by atomic mass is 9.98. The summed E-state index contributed by atoms with van der Waals surface area (Å²) in [6, 6.07) is 8.18. The molecule has 0 atom stereocenters. The molecule has 2 N–H and O–H groups in total. The Kier molecular flexibility index (Phi) is 2.27. The summed E-state index contributed by atoms with van der Waals surface area (Å²) < 4.78 is 1.93. The molecular formula is C12H17N3. The van der Waals surface area contributed by atoms with Crippen molar-refractivity contribution in [3.63, 3.8) is 0 Å². The van der Waals surface area contributed by atoms with E-state index in [2.05, 4.69) is 11.2 Å². The van der Waals surface area contributed by atoms with Crippen LogP contribution in [0.4, 0.5) is 0 Å². The van der Waals surface area contributed by atoms with Gasteiger partial charge in [-0.15, -0.1) is 0 Å². The third-order valence-electron chi connectivity index (χ3n) is 2.49. The summed E-state index contributed by atoms with van der Waals surface area (Å²) in [5, 5.41) is 5.67. The molecule has 0 saturated carbocycles. The van der Waals surface area contributed by atoms with Gasteiger partial charge in [0.25, 0.3) is 0 Å². The van der Waals surface area contributed by atoms with Crippen LogP contribution in [0.1, 0.15) is 19.5 Å². The number of nitrogens with two attached hydrogens (primary N) is 1. The van der Waals surface area contributed by atoms with Crippen molar-refractivity contribution in [3.05, 3.63) is 30.0 Å². The topological polar surface area (TPSA) is 43.8 Å². The van der Waals surface area contributed by atoms with Gasteiger partial charge in [0.15, 0.2) is 0 Å². The van der Waals surface area contributed by atoms with Crippen LogP contribution in [0.15, 0.2) is 24.3 Å². The minimum Gasteiger partial charge on any atom is -0.325 e. The first-order valence-electron chi connectivity index (χ1n) is 5.17. The highest BCUT2D eigenvalue weighted by molar-refractivity contribution is 5.81. The zero-order chi connectivity index (χ0) is 11.1. The van der Waals surface area contributed by atoms with E-state index in [1.807, 2.05) is 43.8 Å². The van der Waals surface area contributed by atoms with Crippen molar-refractivity contribution in [1.82, 2.24) is 9.78 Å². The first-order valence-corrected chi connectivity index (χ1v) is 5.17. The molecule has 0 fully saturated rings. The number of fused-ring (bicyclic) bond motifs is 1. The summed E-state index contributed by atoms with van der Waals surface area (Å²) in [5.74, 6) is 0. The van der Waals surface area contributed by atoms with E-state index in [0.29, 0.717) is 0 Å². The largest absolute Gasteiger partial charge is 0.325 e. The summed E-state index contributed by atoms with van der Waals surface area (Å²) >= 11 is 0. The highest BCUT2D eigenvalue weighted by Crippen LogP contribution is 2.20. The van der Waals surface area contributed by atoms with Crippen LogP contribution in [0.5, 0.6) is 0 Å². The Morgan fingerprint density at radius 1 is 1.33 bits per heavy atom. The quantitative estimate of drug-likeness (QED) is 0.809. The molecule has 0 bridgehead atoms. The lowest BCUT2D eigenvalue weighted by Crippen LogP contribution is -2.35. The normalized spacial score (nSPS) is 12.3. The summed E-state index contributed by atoms with van der Waals surface area (Å²) in [6.07, 6.45) is 0.837. The second kappa shape index (κ2) is 3.35. The van der Waals surface area contributed by atoms with E-state index in [1.54, 1.807) is 0 Å². The molecule has 0 saturated heterocycles. The molecule has 80 valence electrons. The van der Waals surface area contributed by atoms with E-state index in [1.165, 1.54) is 11.1 Å². The van der Waals surface area contributed by atoms with E-state index in [-0.39, 0.29) is 5.54 Å². The SMILES string of the molecule is Cn1nc2ccccc2c1CC(C)(C)N. The Bertz CT molecular complexity index is 477. The highest BCUT2D eigenvalue weighted by atomic mass is 15.3. The number of rotatable bonds is 2. The number of hydrogen-bond donors (Lipinski definition) is 1. The van der Waals surface area contributed by atoms with Gasteiger partial charge < -0.3 is 5.73 Å². The fourth-order valence-corrected chi connectivity index (χ4v) is 1.84. The Labute approximate surface area is 89.9 Å². The van der Waals surface area contributed by atoms with Crippen LogP contribution in [0.25, 0.3) is 10.9 Å². The Morgan fingerprint density at radius 3 is 2.67 bits per heavy atom. The fourth-order valence-electron chi connectivity index (χ4n) is 1.84. The molecule has 0 aliphatic carbocycles. The molecule has 0 aliphatic rings. The Balaban J connectivity index is 2.54. The van der Waals surface area contributed by atoms with Crippen LogP contribution in [0.2, 0.25) is 0 Å². The van der Waals surface area contributed by atoms with Crippen LogP contribution in [-0.2, 0) is 13.5 Å². The second-order valence-electron chi connectivity index (χ2n) is 4.75. The zero-order valence-electron chi connectivity index (χ0n) is 9.49. The van der Waals surface area contributed by atoms with Gasteiger partial charge >= 0.3 is 0 Å². The first kappa shape index (κ1) is 10.2. The molecule has 3 nitrogen and oxygen atoms in total. The maximum absolute atomic E-state index is 6.05. The molecule has 0 radical (unpaired) electrons. The third kappa shape index (κ3) is 2.02. The maximum atomic E-state index is 6.05. The molecule has 0 amide bonds. The molecule has 0 spiro atoms. The van der Waals surface area contributed by atoms with Crippen LogP contribution in [-0.4, -0.2) is 15.3 Å². The van der Waals surface area contributed by atoms with E-state index in [9.17, 15) is 0 Å². The average molecular weight is 203 g/mol. The molecule has 2 aromatic rings.